The first kappa shape index (κ1) is 13.5. The highest BCUT2D eigenvalue weighted by Crippen LogP contribution is 2.38. The van der Waals surface area contributed by atoms with Crippen LogP contribution in [0.15, 0.2) is 67.3 Å². The maximum atomic E-state index is 3.84. The molecule has 0 aliphatic heterocycles. The Morgan fingerprint density at radius 3 is 2.06 bits per heavy atom. The lowest BCUT2D eigenvalue weighted by Crippen LogP contribution is -1.97. The number of hydrogen-bond donors (Lipinski definition) is 0. The van der Waals surface area contributed by atoms with Gasteiger partial charge in [-0.1, -0.05) is 29.9 Å². The fourth-order valence-corrected chi connectivity index (χ4v) is 2.30. The molecular weight excluding hydrogens is 204 g/mol. The highest BCUT2D eigenvalue weighted by atomic mass is 14.3. The molecule has 0 saturated heterocycles. The van der Waals surface area contributed by atoms with Crippen molar-refractivity contribution in [1.82, 2.24) is 0 Å². The third kappa shape index (κ3) is 3.20. The van der Waals surface area contributed by atoms with Crippen molar-refractivity contribution in [2.24, 2.45) is 5.92 Å². The van der Waals surface area contributed by atoms with Gasteiger partial charge in [-0.3, -0.25) is 0 Å². The molecule has 0 nitrogen and oxygen atoms in total. The molecule has 1 aliphatic rings. The summed E-state index contributed by atoms with van der Waals surface area (Å²) in [6.07, 6.45) is 15.1. The van der Waals surface area contributed by atoms with Crippen LogP contribution in [-0.4, -0.2) is 0 Å². The van der Waals surface area contributed by atoms with Gasteiger partial charge in [0.05, 0.1) is 0 Å². The van der Waals surface area contributed by atoms with Gasteiger partial charge in [0.2, 0.25) is 0 Å². The SMILES string of the molecule is C=CCC1=[C]C(CC=C)C(CC=C)=C1CC=C. The third-order valence-corrected chi connectivity index (χ3v) is 2.98. The second-order valence-corrected chi connectivity index (χ2v) is 4.18. The van der Waals surface area contributed by atoms with Crippen molar-refractivity contribution in [2.75, 3.05) is 0 Å². The Bertz CT molecular complexity index is 377. The van der Waals surface area contributed by atoms with Crippen LogP contribution in [0.25, 0.3) is 0 Å². The molecule has 0 aromatic carbocycles. The topological polar surface area (TPSA) is 0 Å². The highest BCUT2D eigenvalue weighted by Gasteiger charge is 2.23. The van der Waals surface area contributed by atoms with Crippen LogP contribution in [0.5, 0.6) is 0 Å². The molecule has 1 aliphatic carbocycles. The van der Waals surface area contributed by atoms with Crippen LogP contribution >= 0.6 is 0 Å². The molecule has 0 aromatic rings. The lowest BCUT2D eigenvalue weighted by atomic mass is 9.93. The lowest BCUT2D eigenvalue weighted by Gasteiger charge is -2.12. The van der Waals surface area contributed by atoms with Gasteiger partial charge >= 0.3 is 0 Å². The maximum absolute atomic E-state index is 3.84. The van der Waals surface area contributed by atoms with Gasteiger partial charge in [-0.05, 0) is 42.9 Å². The first-order valence-corrected chi connectivity index (χ1v) is 6.06. The summed E-state index contributed by atoms with van der Waals surface area (Å²) in [4.78, 5) is 0. The monoisotopic (exact) mass is 225 g/mol. The molecule has 17 heavy (non-hydrogen) atoms. The van der Waals surface area contributed by atoms with E-state index in [0.717, 1.165) is 25.7 Å². The van der Waals surface area contributed by atoms with Crippen molar-refractivity contribution in [3.8, 4) is 0 Å². The van der Waals surface area contributed by atoms with Gasteiger partial charge in [-0.2, -0.15) is 0 Å². The first-order valence-electron chi connectivity index (χ1n) is 6.06. The second kappa shape index (κ2) is 6.90. The summed E-state index contributed by atoms with van der Waals surface area (Å²) in [5.41, 5.74) is 4.09. The molecule has 0 bridgehead atoms. The quantitative estimate of drug-likeness (QED) is 0.513. The van der Waals surface area contributed by atoms with E-state index in [0.29, 0.717) is 5.92 Å². The summed E-state index contributed by atoms with van der Waals surface area (Å²) in [7, 11) is 0. The molecular formula is C17H21. The van der Waals surface area contributed by atoms with Gasteiger partial charge in [0.25, 0.3) is 0 Å². The van der Waals surface area contributed by atoms with Crippen molar-refractivity contribution < 1.29 is 0 Å². The Morgan fingerprint density at radius 1 is 0.882 bits per heavy atom. The van der Waals surface area contributed by atoms with Crippen LogP contribution in [0.3, 0.4) is 0 Å². The van der Waals surface area contributed by atoms with Gasteiger partial charge in [0.15, 0.2) is 0 Å². The van der Waals surface area contributed by atoms with Crippen molar-refractivity contribution in [2.45, 2.75) is 25.7 Å². The maximum Gasteiger partial charge on any atom is 0.00977 e. The van der Waals surface area contributed by atoms with Gasteiger partial charge < -0.3 is 0 Å². The summed E-state index contributed by atoms with van der Waals surface area (Å²) >= 11 is 0. The summed E-state index contributed by atoms with van der Waals surface area (Å²) in [6, 6.07) is 0. The Balaban J connectivity index is 3.07. The molecule has 1 rings (SSSR count). The van der Waals surface area contributed by atoms with Crippen LogP contribution < -0.4 is 0 Å². The molecule has 0 spiro atoms. The van der Waals surface area contributed by atoms with Crippen molar-refractivity contribution in [1.29, 1.82) is 0 Å². The van der Waals surface area contributed by atoms with E-state index in [9.17, 15) is 0 Å². The van der Waals surface area contributed by atoms with Gasteiger partial charge in [0.1, 0.15) is 0 Å². The van der Waals surface area contributed by atoms with Crippen molar-refractivity contribution in [3.05, 3.63) is 73.4 Å². The van der Waals surface area contributed by atoms with E-state index in [1.165, 1.54) is 16.7 Å². The van der Waals surface area contributed by atoms with Crippen LogP contribution in [0, 0.1) is 12.0 Å². The van der Waals surface area contributed by atoms with Crippen LogP contribution in [0.4, 0.5) is 0 Å². The normalized spacial score (nSPS) is 18.8. The smallest absolute Gasteiger partial charge is 0.00977 e. The van der Waals surface area contributed by atoms with Crippen molar-refractivity contribution >= 4 is 0 Å². The summed E-state index contributed by atoms with van der Waals surface area (Å²) in [5, 5.41) is 0. The predicted molar refractivity (Wildman–Crippen MR) is 76.5 cm³/mol. The molecule has 0 amide bonds. The van der Waals surface area contributed by atoms with E-state index in [-0.39, 0.29) is 0 Å². The molecule has 0 fully saturated rings. The molecule has 0 heterocycles. The zero-order valence-corrected chi connectivity index (χ0v) is 10.5. The minimum absolute atomic E-state index is 0.371. The van der Waals surface area contributed by atoms with Crippen molar-refractivity contribution in [3.63, 3.8) is 0 Å². The van der Waals surface area contributed by atoms with E-state index in [4.69, 9.17) is 0 Å². The standard InChI is InChI=1S/C17H21/c1-5-9-14-13-15(10-6-2)17(12-8-4)16(14)11-7-3/h5-8,14H,1-4,9-12H2. The first-order chi connectivity index (χ1) is 8.28. The fraction of sp³-hybridized carbons (Fsp3) is 0.294. The number of allylic oxidation sites excluding steroid dienone is 8. The third-order valence-electron chi connectivity index (χ3n) is 2.98. The molecule has 0 aromatic heterocycles. The zero-order chi connectivity index (χ0) is 12.7. The Kier molecular flexibility index (Phi) is 5.48. The highest BCUT2D eigenvalue weighted by molar-refractivity contribution is 5.45. The molecule has 0 N–H and O–H groups in total. The summed E-state index contributed by atoms with van der Waals surface area (Å²) in [6.45, 7) is 15.3. The largest absolute Gasteiger partial charge is 0.103 e. The predicted octanol–water partition coefficient (Wildman–Crippen LogP) is 4.95. The minimum Gasteiger partial charge on any atom is -0.103 e. The Hall–Kier alpha value is -1.56. The van der Waals surface area contributed by atoms with Crippen LogP contribution in [-0.2, 0) is 0 Å². The minimum atomic E-state index is 0.371. The van der Waals surface area contributed by atoms with Gasteiger partial charge in [-0.15, -0.1) is 26.3 Å². The molecule has 89 valence electrons. The number of hydrogen-bond acceptors (Lipinski definition) is 0. The average Bonchev–Trinajstić information content (AvgIpc) is 2.61. The van der Waals surface area contributed by atoms with E-state index in [2.05, 4.69) is 32.4 Å². The lowest BCUT2D eigenvalue weighted by molar-refractivity contribution is 0.744. The van der Waals surface area contributed by atoms with E-state index in [1.807, 2.05) is 24.3 Å². The molecule has 1 radical (unpaired) electrons. The summed E-state index contributed by atoms with van der Waals surface area (Å²) in [5.74, 6) is 0.371. The van der Waals surface area contributed by atoms with E-state index in [1.54, 1.807) is 0 Å². The molecule has 0 heteroatoms. The summed E-state index contributed by atoms with van der Waals surface area (Å²) < 4.78 is 0. The molecule has 1 unspecified atom stereocenters. The van der Waals surface area contributed by atoms with Gasteiger partial charge in [-0.25, -0.2) is 0 Å². The Labute approximate surface area is 105 Å². The van der Waals surface area contributed by atoms with Crippen LogP contribution in [0.2, 0.25) is 0 Å². The zero-order valence-electron chi connectivity index (χ0n) is 10.5. The molecule has 1 atom stereocenters. The van der Waals surface area contributed by atoms with E-state index < -0.39 is 0 Å². The fourth-order valence-electron chi connectivity index (χ4n) is 2.30. The average molecular weight is 225 g/mol. The number of rotatable bonds is 8. The van der Waals surface area contributed by atoms with E-state index >= 15 is 0 Å². The van der Waals surface area contributed by atoms with Crippen LogP contribution in [0.1, 0.15) is 25.7 Å². The Morgan fingerprint density at radius 2 is 1.53 bits per heavy atom. The second-order valence-electron chi connectivity index (χ2n) is 4.18. The molecule has 0 saturated carbocycles. The van der Waals surface area contributed by atoms with Gasteiger partial charge in [0, 0.05) is 5.92 Å².